The van der Waals surface area contributed by atoms with Crippen molar-refractivity contribution in [2.45, 2.75) is 6.92 Å². The molecule has 0 N–H and O–H groups in total. The van der Waals surface area contributed by atoms with Gasteiger partial charge in [-0.3, -0.25) is 0 Å². The molecule has 0 radical (unpaired) electrons. The molecule has 0 aromatic rings. The maximum atomic E-state index is 2.23. The topological polar surface area (TPSA) is 0 Å². The van der Waals surface area contributed by atoms with E-state index in [2.05, 4.69) is 24.5 Å². The SMILES string of the molecule is CC1=CCSC=C1. The van der Waals surface area contributed by atoms with Gasteiger partial charge >= 0.3 is 0 Å². The van der Waals surface area contributed by atoms with E-state index in [1.165, 1.54) is 5.57 Å². The van der Waals surface area contributed by atoms with Crippen LogP contribution < -0.4 is 0 Å². The largest absolute Gasteiger partial charge is 0.130 e. The molecule has 1 rings (SSSR count). The number of hydrogen-bond acceptors (Lipinski definition) is 1. The quantitative estimate of drug-likeness (QED) is 0.463. The summed E-state index contributed by atoms with van der Waals surface area (Å²) in [6.07, 6.45) is 4.36. The zero-order valence-corrected chi connectivity index (χ0v) is 5.16. The van der Waals surface area contributed by atoms with Gasteiger partial charge < -0.3 is 0 Å². The molecule has 0 aromatic heterocycles. The van der Waals surface area contributed by atoms with Crippen LogP contribution in [0.5, 0.6) is 0 Å². The van der Waals surface area contributed by atoms with Gasteiger partial charge in [-0.2, -0.15) is 0 Å². The number of thioether (sulfide) groups is 1. The zero-order valence-electron chi connectivity index (χ0n) is 4.35. The van der Waals surface area contributed by atoms with Gasteiger partial charge in [-0.15, -0.1) is 11.8 Å². The van der Waals surface area contributed by atoms with Crippen molar-refractivity contribution in [3.05, 3.63) is 23.1 Å². The van der Waals surface area contributed by atoms with Crippen LogP contribution in [0.4, 0.5) is 0 Å². The van der Waals surface area contributed by atoms with Crippen LogP contribution in [0.2, 0.25) is 0 Å². The molecular weight excluding hydrogens is 104 g/mol. The average molecular weight is 112 g/mol. The Morgan fingerprint density at radius 2 is 2.57 bits per heavy atom. The Bertz CT molecular complexity index is 111. The summed E-state index contributed by atoms with van der Waals surface area (Å²) >= 11 is 1.84. The molecule has 0 bridgehead atoms. The van der Waals surface area contributed by atoms with E-state index < -0.39 is 0 Å². The normalized spacial score (nSPS) is 19.3. The third-order valence-corrected chi connectivity index (χ3v) is 1.62. The molecule has 0 aliphatic carbocycles. The molecule has 0 spiro atoms. The molecule has 0 amide bonds. The molecule has 38 valence electrons. The van der Waals surface area contributed by atoms with E-state index in [9.17, 15) is 0 Å². The molecule has 0 saturated heterocycles. The van der Waals surface area contributed by atoms with Crippen molar-refractivity contribution in [3.8, 4) is 0 Å². The summed E-state index contributed by atoms with van der Waals surface area (Å²) in [5.41, 5.74) is 1.39. The van der Waals surface area contributed by atoms with Crippen LogP contribution in [-0.4, -0.2) is 5.75 Å². The minimum absolute atomic E-state index is 1.16. The molecule has 0 atom stereocenters. The number of hydrogen-bond donors (Lipinski definition) is 0. The van der Waals surface area contributed by atoms with Crippen LogP contribution >= 0.6 is 11.8 Å². The molecule has 0 nitrogen and oxygen atoms in total. The van der Waals surface area contributed by atoms with Gasteiger partial charge in [0.1, 0.15) is 0 Å². The highest BCUT2D eigenvalue weighted by molar-refractivity contribution is 8.02. The third kappa shape index (κ3) is 1.39. The molecule has 0 aromatic carbocycles. The van der Waals surface area contributed by atoms with Gasteiger partial charge in [-0.25, -0.2) is 0 Å². The van der Waals surface area contributed by atoms with Gasteiger partial charge in [0.25, 0.3) is 0 Å². The molecule has 1 heterocycles. The smallest absolute Gasteiger partial charge is 0.0160 e. The number of allylic oxidation sites excluding steroid dienone is 2. The summed E-state index contributed by atoms with van der Waals surface area (Å²) in [7, 11) is 0. The predicted molar refractivity (Wildman–Crippen MR) is 35.4 cm³/mol. The Kier molecular flexibility index (Phi) is 1.58. The Morgan fingerprint density at radius 1 is 1.71 bits per heavy atom. The highest BCUT2D eigenvalue weighted by atomic mass is 32.2. The molecule has 1 aliphatic rings. The van der Waals surface area contributed by atoms with Gasteiger partial charge in [0.05, 0.1) is 0 Å². The fourth-order valence-corrected chi connectivity index (χ4v) is 1.24. The van der Waals surface area contributed by atoms with E-state index in [0.717, 1.165) is 5.75 Å². The van der Waals surface area contributed by atoms with E-state index in [0.29, 0.717) is 0 Å². The molecule has 1 aliphatic heterocycles. The Labute approximate surface area is 48.3 Å². The van der Waals surface area contributed by atoms with Crippen LogP contribution in [0, 0.1) is 0 Å². The van der Waals surface area contributed by atoms with Gasteiger partial charge in [0, 0.05) is 5.75 Å². The lowest BCUT2D eigenvalue weighted by molar-refractivity contribution is 1.48. The Morgan fingerprint density at radius 3 is 2.86 bits per heavy atom. The summed E-state index contributed by atoms with van der Waals surface area (Å²) in [6, 6.07) is 0. The Balaban J connectivity index is 2.58. The molecular formula is C6H8S. The first-order chi connectivity index (χ1) is 3.39. The third-order valence-electron chi connectivity index (χ3n) is 0.929. The first-order valence-electron chi connectivity index (χ1n) is 2.34. The average Bonchev–Trinajstić information content (AvgIpc) is 1.69. The van der Waals surface area contributed by atoms with E-state index in [-0.39, 0.29) is 0 Å². The summed E-state index contributed by atoms with van der Waals surface area (Å²) in [5.74, 6) is 1.16. The molecule has 0 unspecified atom stereocenters. The van der Waals surface area contributed by atoms with E-state index in [1.807, 2.05) is 11.8 Å². The standard InChI is InChI=1S/C6H8S/c1-6-2-4-7-5-3-6/h2-4H,5H2,1H3. The van der Waals surface area contributed by atoms with Crippen molar-refractivity contribution in [1.29, 1.82) is 0 Å². The molecule has 7 heavy (non-hydrogen) atoms. The second kappa shape index (κ2) is 2.22. The van der Waals surface area contributed by atoms with E-state index >= 15 is 0 Å². The lowest BCUT2D eigenvalue weighted by atomic mass is 10.3. The van der Waals surface area contributed by atoms with Crippen LogP contribution in [0.3, 0.4) is 0 Å². The lowest BCUT2D eigenvalue weighted by Gasteiger charge is -1.96. The monoisotopic (exact) mass is 112 g/mol. The van der Waals surface area contributed by atoms with Gasteiger partial charge in [-0.05, 0) is 12.3 Å². The van der Waals surface area contributed by atoms with E-state index in [4.69, 9.17) is 0 Å². The number of rotatable bonds is 0. The highest BCUT2D eigenvalue weighted by Gasteiger charge is 1.86. The second-order valence-corrected chi connectivity index (χ2v) is 2.52. The van der Waals surface area contributed by atoms with Crippen molar-refractivity contribution in [2.75, 3.05) is 5.75 Å². The fourth-order valence-electron chi connectivity index (χ4n) is 0.459. The molecule has 0 fully saturated rings. The lowest BCUT2D eigenvalue weighted by Crippen LogP contribution is -1.76. The highest BCUT2D eigenvalue weighted by Crippen LogP contribution is 2.11. The summed E-state index contributed by atoms with van der Waals surface area (Å²) < 4.78 is 0. The molecule has 1 heteroatoms. The van der Waals surface area contributed by atoms with Crippen LogP contribution in [0.1, 0.15) is 6.92 Å². The van der Waals surface area contributed by atoms with Crippen LogP contribution in [-0.2, 0) is 0 Å². The first-order valence-corrected chi connectivity index (χ1v) is 3.39. The Hall–Kier alpha value is -0.170. The minimum Gasteiger partial charge on any atom is -0.130 e. The van der Waals surface area contributed by atoms with Crippen molar-refractivity contribution in [1.82, 2.24) is 0 Å². The predicted octanol–water partition coefficient (Wildman–Crippen LogP) is 2.19. The zero-order chi connectivity index (χ0) is 5.11. The maximum absolute atomic E-state index is 2.23. The maximum Gasteiger partial charge on any atom is 0.0160 e. The van der Waals surface area contributed by atoms with E-state index in [1.54, 1.807) is 0 Å². The minimum atomic E-state index is 1.16. The van der Waals surface area contributed by atoms with Crippen molar-refractivity contribution in [3.63, 3.8) is 0 Å². The fraction of sp³-hybridized carbons (Fsp3) is 0.333. The summed E-state index contributed by atoms with van der Waals surface area (Å²) in [5, 5.41) is 2.13. The van der Waals surface area contributed by atoms with Crippen molar-refractivity contribution < 1.29 is 0 Å². The summed E-state index contributed by atoms with van der Waals surface area (Å²) in [4.78, 5) is 0. The van der Waals surface area contributed by atoms with Gasteiger partial charge in [0.2, 0.25) is 0 Å². The first kappa shape index (κ1) is 4.98. The van der Waals surface area contributed by atoms with Crippen LogP contribution in [0.25, 0.3) is 0 Å². The molecule has 0 saturated carbocycles. The van der Waals surface area contributed by atoms with Crippen LogP contribution in [0.15, 0.2) is 23.1 Å². The van der Waals surface area contributed by atoms with Crippen molar-refractivity contribution in [2.24, 2.45) is 0 Å². The van der Waals surface area contributed by atoms with Gasteiger partial charge in [-0.1, -0.05) is 17.7 Å². The second-order valence-electron chi connectivity index (χ2n) is 1.58. The van der Waals surface area contributed by atoms with Crippen molar-refractivity contribution >= 4 is 11.8 Å². The van der Waals surface area contributed by atoms with Gasteiger partial charge in [0.15, 0.2) is 0 Å². The summed E-state index contributed by atoms with van der Waals surface area (Å²) in [6.45, 7) is 2.12.